The number of benzene rings is 9. The number of hydrogen-bond acceptors (Lipinski definition) is 4. The molecule has 0 spiro atoms. The van der Waals surface area contributed by atoms with Crippen molar-refractivity contribution in [2.24, 2.45) is 0 Å². The summed E-state index contributed by atoms with van der Waals surface area (Å²) in [4.78, 5) is 8.86. The number of hydrogen-bond donors (Lipinski definition) is 0. The summed E-state index contributed by atoms with van der Waals surface area (Å²) in [6.07, 6.45) is 3.73. The van der Waals surface area contributed by atoms with Gasteiger partial charge in [-0.15, -0.1) is 48.1 Å². The Kier molecular flexibility index (Phi) is 10.4. The monoisotopic (exact) mass is 1280 g/mol. The molecule has 0 N–H and O–H groups in total. The molecular weight excluding hydrogens is 1190 g/mol. The van der Waals surface area contributed by atoms with Crippen LogP contribution >= 0.6 is 0 Å². The number of anilines is 4. The average Bonchev–Trinajstić information content (AvgIpc) is 1.72. The zero-order valence-corrected chi connectivity index (χ0v) is 50.5. The molecule has 1 aliphatic heterocycles. The van der Waals surface area contributed by atoms with Gasteiger partial charge in [0.05, 0.1) is 15.1 Å². The first-order valence-electron chi connectivity index (χ1n) is 34.9. The van der Waals surface area contributed by atoms with Crippen molar-refractivity contribution in [2.75, 3.05) is 9.80 Å². The van der Waals surface area contributed by atoms with Gasteiger partial charge in [0.25, 0.3) is 0 Å². The molecule has 3 heterocycles. The van der Waals surface area contributed by atoms with Crippen LogP contribution in [0.2, 0.25) is 0 Å². The third-order valence-corrected chi connectivity index (χ3v) is 16.3. The van der Waals surface area contributed by atoms with Gasteiger partial charge in [-0.2, -0.15) is 12.1 Å². The summed E-state index contributed by atoms with van der Waals surface area (Å²) < 4.78 is 138. The normalized spacial score (nSPS) is 17.1. The van der Waals surface area contributed by atoms with Crippen molar-refractivity contribution in [3.8, 4) is 61.8 Å². The molecule has 13 rings (SSSR count). The van der Waals surface area contributed by atoms with Crippen molar-refractivity contribution in [3.63, 3.8) is 0 Å². The van der Waals surface area contributed by atoms with Gasteiger partial charge in [0.1, 0.15) is 5.82 Å². The van der Waals surface area contributed by atoms with Gasteiger partial charge in [-0.05, 0) is 127 Å². The number of aromatic nitrogens is 2. The van der Waals surface area contributed by atoms with Crippen LogP contribution in [-0.4, -0.2) is 9.55 Å². The number of rotatable bonds is 9. The van der Waals surface area contributed by atoms with Gasteiger partial charge < -0.3 is 19.1 Å². The molecule has 1 aliphatic carbocycles. The molecule has 0 atom stereocenters. The summed E-state index contributed by atoms with van der Waals surface area (Å²) in [6.45, 7) is 19.3. The molecule has 0 fully saturated rings. The Morgan fingerprint density at radius 2 is 1.25 bits per heavy atom. The van der Waals surface area contributed by atoms with Crippen LogP contribution in [0.4, 0.5) is 22.7 Å². The van der Waals surface area contributed by atoms with Crippen molar-refractivity contribution in [1.29, 1.82) is 0 Å². The van der Waals surface area contributed by atoms with Gasteiger partial charge in [0.15, 0.2) is 0 Å². The van der Waals surface area contributed by atoms with Gasteiger partial charge in [-0.25, -0.2) is 4.98 Å². The summed E-state index contributed by atoms with van der Waals surface area (Å²) in [5.41, 5.74) is 6.66. The summed E-state index contributed by atoms with van der Waals surface area (Å²) in [7, 11) is 0. The first-order valence-corrected chi connectivity index (χ1v) is 27.9. The number of pyridine rings is 1. The molecule has 83 heavy (non-hydrogen) atoms. The Morgan fingerprint density at radius 3 is 1.99 bits per heavy atom. The summed E-state index contributed by atoms with van der Waals surface area (Å²) in [5, 5.41) is 0.821. The van der Waals surface area contributed by atoms with Crippen molar-refractivity contribution in [3.05, 3.63) is 247 Å². The minimum Gasteiger partial charge on any atom is -0.509 e. The van der Waals surface area contributed by atoms with Gasteiger partial charge in [0, 0.05) is 82.1 Å². The van der Waals surface area contributed by atoms with E-state index in [0.29, 0.717) is 50.4 Å². The predicted octanol–water partition coefficient (Wildman–Crippen LogP) is 20.9. The van der Waals surface area contributed by atoms with Crippen LogP contribution in [0.3, 0.4) is 0 Å². The number of para-hydroxylation sites is 4. The van der Waals surface area contributed by atoms with Crippen molar-refractivity contribution in [2.45, 2.75) is 111 Å². The van der Waals surface area contributed by atoms with Gasteiger partial charge in [-0.3, -0.25) is 0 Å². The van der Waals surface area contributed by atoms with E-state index < -0.39 is 71.3 Å². The topological polar surface area (TPSA) is 33.5 Å². The molecule has 6 heteroatoms. The smallest absolute Gasteiger partial charge is 0.135 e. The number of nitrogens with zero attached hydrogens (tertiary/aromatic N) is 4. The van der Waals surface area contributed by atoms with E-state index >= 15 is 0 Å². The Balaban J connectivity index is 0.00000897. The summed E-state index contributed by atoms with van der Waals surface area (Å²) >= 11 is 0. The maximum Gasteiger partial charge on any atom is 0.135 e. The zero-order chi connectivity index (χ0) is 68.9. The van der Waals surface area contributed by atoms with E-state index in [0.717, 1.165) is 35.1 Å². The molecule has 0 saturated heterocycles. The molecule has 2 aliphatic rings. The second-order valence-corrected chi connectivity index (χ2v) is 24.9. The van der Waals surface area contributed by atoms with Crippen LogP contribution in [-0.2, 0) is 42.7 Å². The van der Waals surface area contributed by atoms with Gasteiger partial charge in [-0.1, -0.05) is 214 Å². The van der Waals surface area contributed by atoms with E-state index in [4.69, 9.17) is 19.3 Å². The first kappa shape index (κ1) is 41.1. The molecule has 0 amide bonds. The van der Waals surface area contributed by atoms with Crippen LogP contribution in [0.5, 0.6) is 11.5 Å². The second-order valence-electron chi connectivity index (χ2n) is 24.9. The van der Waals surface area contributed by atoms with Crippen LogP contribution in [0.15, 0.2) is 200 Å². The first-order chi connectivity index (χ1) is 45.1. The van der Waals surface area contributed by atoms with E-state index in [1.165, 1.54) is 11.1 Å². The van der Waals surface area contributed by atoms with Crippen molar-refractivity contribution in [1.82, 2.24) is 9.55 Å². The van der Waals surface area contributed by atoms with Gasteiger partial charge >= 0.3 is 0 Å². The van der Waals surface area contributed by atoms with E-state index in [-0.39, 0.29) is 95.2 Å². The number of ether oxygens (including phenoxy) is 1. The van der Waals surface area contributed by atoms with Crippen LogP contribution < -0.4 is 14.5 Å². The van der Waals surface area contributed by atoms with Gasteiger partial charge in [0.2, 0.25) is 0 Å². The van der Waals surface area contributed by atoms with Crippen molar-refractivity contribution >= 4 is 44.6 Å². The molecule has 418 valence electrons. The largest absolute Gasteiger partial charge is 0.509 e. The van der Waals surface area contributed by atoms with Crippen molar-refractivity contribution < 1.29 is 45.0 Å². The fourth-order valence-corrected chi connectivity index (χ4v) is 11.7. The molecule has 0 radical (unpaired) electrons. The van der Waals surface area contributed by atoms with Crippen LogP contribution in [0.25, 0.3) is 72.1 Å². The predicted molar refractivity (Wildman–Crippen MR) is 343 cm³/mol. The maximum atomic E-state index is 10.1. The molecule has 0 unspecified atom stereocenters. The Morgan fingerprint density at radius 1 is 0.578 bits per heavy atom. The molecule has 5 nitrogen and oxygen atoms in total. The molecule has 0 bridgehead atoms. The second kappa shape index (κ2) is 21.0. The van der Waals surface area contributed by atoms with E-state index in [9.17, 15) is 9.60 Å². The molecular formula is C77H71N4OPt-3. The zero-order valence-electron chi connectivity index (χ0n) is 62.2. The minimum absolute atomic E-state index is 0. The average molecular weight is 1280 g/mol. The third kappa shape index (κ3) is 10.1. The van der Waals surface area contributed by atoms with E-state index in [2.05, 4.69) is 78.8 Å². The fraction of sp³-hybridized carbons (Fsp3) is 0.221. The van der Waals surface area contributed by atoms with Crippen LogP contribution in [0, 0.1) is 25.7 Å². The van der Waals surface area contributed by atoms with Crippen LogP contribution in [0.1, 0.15) is 129 Å². The molecule has 11 aromatic rings. The van der Waals surface area contributed by atoms with E-state index in [1.54, 1.807) is 61.9 Å². The number of fused-ring (bicyclic) bond motifs is 5. The quantitative estimate of drug-likeness (QED) is 0.135. The third-order valence-electron chi connectivity index (χ3n) is 16.3. The Labute approximate surface area is 525 Å². The summed E-state index contributed by atoms with van der Waals surface area (Å²) in [5.74, 6) is 0.965. The maximum absolute atomic E-state index is 10.1. The minimum atomic E-state index is -3.16. The molecule has 9 aromatic carbocycles. The Hall–Kier alpha value is -7.98. The SMILES string of the molecule is [2H]c1c([2H])c(-c2c([2H])c([2H])c(C(C)(C)C)c([2H])c2[2H])c(C([2H])([2H])[2H])c([2H])c1-c1cccc(-c2ccc3c(c2)C(C)(C)CCC3(C)C)c1N1[CH-]N(c2[c-]c(Oc3[c-]c4c(cc3)c3c([2H])c([2H])c([2H])c([2H])c3n4-c3cc(C(C)(C)C)c(-c4ccccc4)cn3)ccc2)c2ccccc21.[Pt]. The fourth-order valence-electron chi connectivity index (χ4n) is 11.7. The van der Waals surface area contributed by atoms with E-state index in [1.807, 2.05) is 95.3 Å². The molecule has 0 saturated carbocycles. The summed E-state index contributed by atoms with van der Waals surface area (Å²) in [6, 6.07) is 42.4. The Bertz CT molecular complexity index is 5040. The standard InChI is InChI=1S/C77H71N4O.Pt/c1-50-43-53(33-38-59(50)52-31-35-55(36-32-52)74(2,3)4)60-26-20-27-61(54-34-40-65-67(44-54)77(10,11)42-41-76(65,8)9)73(60)80-49-79(69-29-17-18-30-70(69)80)56-23-19-24-57(45-56)82-58-37-39-63-62-25-15-16-28-68(62)81(71(63)46-58)72-47-66(75(5,6)7)64(48-78-72)51-21-13-12-14-22-51;/h12-40,43-44,47-49H,41-42H2,1-11H3;/q-3;/i1D3,15D,16D,25D,28D,31D,32D,33D,35D,36D,38D,43D;. The molecule has 2 aromatic heterocycles.